The minimum atomic E-state index is -3.09. The molecule has 0 amide bonds. The number of hydrogen-bond acceptors (Lipinski definition) is 6. The normalized spacial score (nSPS) is 26.7. The van der Waals surface area contributed by atoms with Gasteiger partial charge >= 0.3 is 0 Å². The number of aromatic nitrogens is 1. The van der Waals surface area contributed by atoms with Crippen LogP contribution in [0.4, 0.5) is 0 Å². The molecule has 0 bridgehead atoms. The Labute approximate surface area is 208 Å². The van der Waals surface area contributed by atoms with Crippen LogP contribution in [-0.4, -0.2) is 61.6 Å². The van der Waals surface area contributed by atoms with Crippen LogP contribution in [0.5, 0.6) is 0 Å². The van der Waals surface area contributed by atoms with E-state index >= 15 is 0 Å². The first-order valence-electron chi connectivity index (χ1n) is 11.4. The fourth-order valence-corrected chi connectivity index (χ4v) is 6.06. The van der Waals surface area contributed by atoms with Crippen molar-refractivity contribution >= 4 is 33.8 Å². The molecule has 2 fully saturated rings. The van der Waals surface area contributed by atoms with E-state index in [9.17, 15) is 8.42 Å². The molecule has 1 aromatic carbocycles. The van der Waals surface area contributed by atoms with E-state index in [1.807, 2.05) is 26.0 Å². The average Bonchev–Trinajstić information content (AvgIpc) is 3.08. The SMILES string of the molecule is Cc1nc(C2CCC(N3C[C@H](CS(C)(=O)=O)OC[C@H]3Cc3ccc(Cl)cc3)CC2)oc1C.Cl. The average molecular weight is 518 g/mol. The molecule has 0 spiro atoms. The summed E-state index contributed by atoms with van der Waals surface area (Å²) in [7, 11) is -3.09. The van der Waals surface area contributed by atoms with Crippen LogP contribution in [0.25, 0.3) is 0 Å². The monoisotopic (exact) mass is 516 g/mol. The number of morpholine rings is 1. The fraction of sp³-hybridized carbons (Fsp3) is 0.625. The van der Waals surface area contributed by atoms with Crippen LogP contribution in [-0.2, 0) is 21.0 Å². The summed E-state index contributed by atoms with van der Waals surface area (Å²) in [5, 5.41) is 0.731. The minimum Gasteiger partial charge on any atom is -0.445 e. The quantitative estimate of drug-likeness (QED) is 0.551. The summed E-state index contributed by atoms with van der Waals surface area (Å²) in [5.41, 5.74) is 2.19. The van der Waals surface area contributed by atoms with Gasteiger partial charge in [0, 0.05) is 35.8 Å². The molecule has 2 aromatic rings. The van der Waals surface area contributed by atoms with E-state index in [1.54, 1.807) is 0 Å². The second-order valence-electron chi connectivity index (χ2n) is 9.43. The number of benzene rings is 1. The van der Waals surface area contributed by atoms with Crippen molar-refractivity contribution in [3.8, 4) is 0 Å². The largest absolute Gasteiger partial charge is 0.445 e. The summed E-state index contributed by atoms with van der Waals surface area (Å²) in [4.78, 5) is 7.13. The lowest BCUT2D eigenvalue weighted by molar-refractivity contribution is -0.0758. The van der Waals surface area contributed by atoms with Gasteiger partial charge in [0.05, 0.1) is 24.2 Å². The predicted octanol–water partition coefficient (Wildman–Crippen LogP) is 4.75. The van der Waals surface area contributed by atoms with Gasteiger partial charge in [-0.05, 0) is 63.6 Å². The standard InChI is InChI=1S/C24H33ClN2O4S.ClH/c1-16-17(2)31-24(26-16)19-6-10-21(11-7-19)27-13-23(15-32(3,28)29)30-14-22(27)12-18-4-8-20(25)9-5-18;/h4-5,8-9,19,21-23H,6-7,10-15H2,1-3H3;1H/t19?,21?,22-,23-;/m1./s1. The maximum absolute atomic E-state index is 11.9. The van der Waals surface area contributed by atoms with Crippen LogP contribution in [0.2, 0.25) is 5.02 Å². The van der Waals surface area contributed by atoms with Crippen LogP contribution in [0.3, 0.4) is 0 Å². The molecule has 2 heterocycles. The number of aryl methyl sites for hydroxylation is 2. The molecule has 1 aromatic heterocycles. The minimum absolute atomic E-state index is 0. The van der Waals surface area contributed by atoms with Gasteiger partial charge in [0.15, 0.2) is 5.89 Å². The highest BCUT2D eigenvalue weighted by Crippen LogP contribution is 2.37. The zero-order chi connectivity index (χ0) is 22.9. The first-order chi connectivity index (χ1) is 15.2. The second-order valence-corrected chi connectivity index (χ2v) is 12.0. The van der Waals surface area contributed by atoms with Gasteiger partial charge in [-0.2, -0.15) is 0 Å². The number of nitrogens with zero attached hydrogens (tertiary/aromatic N) is 2. The van der Waals surface area contributed by atoms with Crippen molar-refractivity contribution in [1.29, 1.82) is 0 Å². The number of rotatable bonds is 6. The van der Waals surface area contributed by atoms with Gasteiger partial charge in [0.25, 0.3) is 0 Å². The topological polar surface area (TPSA) is 72.6 Å². The maximum atomic E-state index is 11.9. The van der Waals surface area contributed by atoms with Crippen molar-refractivity contribution in [2.45, 2.75) is 70.1 Å². The molecule has 6 nitrogen and oxygen atoms in total. The van der Waals surface area contributed by atoms with Gasteiger partial charge in [0.1, 0.15) is 15.6 Å². The first kappa shape index (κ1) is 26.5. The summed E-state index contributed by atoms with van der Waals surface area (Å²) >= 11 is 6.06. The van der Waals surface area contributed by atoms with E-state index in [1.165, 1.54) is 11.8 Å². The highest BCUT2D eigenvalue weighted by Gasteiger charge is 2.37. The summed E-state index contributed by atoms with van der Waals surface area (Å²) in [5.74, 6) is 2.21. The Morgan fingerprint density at radius 2 is 1.79 bits per heavy atom. The molecule has 9 heteroatoms. The summed E-state index contributed by atoms with van der Waals surface area (Å²) in [6.07, 6.45) is 6.04. The highest BCUT2D eigenvalue weighted by atomic mass is 35.5. The van der Waals surface area contributed by atoms with E-state index < -0.39 is 9.84 Å². The molecule has 1 aliphatic heterocycles. The molecular formula is C24H34Cl2N2O4S. The molecule has 1 saturated heterocycles. The smallest absolute Gasteiger partial charge is 0.197 e. The molecule has 0 N–H and O–H groups in total. The van der Waals surface area contributed by atoms with Crippen LogP contribution >= 0.6 is 24.0 Å². The molecule has 1 saturated carbocycles. The molecule has 0 radical (unpaired) electrons. The zero-order valence-corrected chi connectivity index (χ0v) is 21.9. The number of sulfone groups is 1. The summed E-state index contributed by atoms with van der Waals surface area (Å²) in [6.45, 7) is 5.15. The molecule has 1 aliphatic carbocycles. The van der Waals surface area contributed by atoms with Gasteiger partial charge in [-0.1, -0.05) is 23.7 Å². The highest BCUT2D eigenvalue weighted by molar-refractivity contribution is 7.90. The lowest BCUT2D eigenvalue weighted by atomic mass is 9.84. The van der Waals surface area contributed by atoms with Gasteiger partial charge in [-0.3, -0.25) is 4.90 Å². The van der Waals surface area contributed by atoms with Gasteiger partial charge in [0.2, 0.25) is 0 Å². The summed E-state index contributed by atoms with van der Waals surface area (Å²) in [6, 6.07) is 8.60. The molecule has 2 aliphatic rings. The lowest BCUT2D eigenvalue weighted by Gasteiger charge is -2.46. The number of ether oxygens (including phenoxy) is 1. The van der Waals surface area contributed by atoms with E-state index in [-0.39, 0.29) is 30.3 Å². The van der Waals surface area contributed by atoms with Gasteiger partial charge in [-0.25, -0.2) is 13.4 Å². The van der Waals surface area contributed by atoms with Gasteiger partial charge < -0.3 is 9.15 Å². The van der Waals surface area contributed by atoms with Crippen molar-refractivity contribution < 1.29 is 17.6 Å². The van der Waals surface area contributed by atoms with Crippen LogP contribution in [0, 0.1) is 13.8 Å². The maximum Gasteiger partial charge on any atom is 0.197 e. The predicted molar refractivity (Wildman–Crippen MR) is 133 cm³/mol. The third-order valence-corrected chi connectivity index (χ3v) is 8.07. The van der Waals surface area contributed by atoms with Crippen molar-refractivity contribution in [1.82, 2.24) is 9.88 Å². The lowest BCUT2D eigenvalue weighted by Crippen LogP contribution is -2.56. The molecule has 33 heavy (non-hydrogen) atoms. The molecule has 4 rings (SSSR count). The van der Waals surface area contributed by atoms with Crippen LogP contribution < -0.4 is 0 Å². The van der Waals surface area contributed by atoms with Crippen molar-refractivity contribution in [3.63, 3.8) is 0 Å². The molecule has 0 unspecified atom stereocenters. The van der Waals surface area contributed by atoms with Crippen molar-refractivity contribution in [2.24, 2.45) is 0 Å². The van der Waals surface area contributed by atoms with Crippen LogP contribution in [0.15, 0.2) is 28.7 Å². The number of halogens is 2. The van der Waals surface area contributed by atoms with Crippen molar-refractivity contribution in [3.05, 3.63) is 52.2 Å². The van der Waals surface area contributed by atoms with Gasteiger partial charge in [-0.15, -0.1) is 12.4 Å². The fourth-order valence-electron chi connectivity index (χ4n) is 5.06. The number of hydrogen-bond donors (Lipinski definition) is 0. The second kappa shape index (κ2) is 11.1. The zero-order valence-electron chi connectivity index (χ0n) is 19.5. The first-order valence-corrected chi connectivity index (χ1v) is 13.8. The summed E-state index contributed by atoms with van der Waals surface area (Å²) < 4.78 is 35.7. The Morgan fingerprint density at radius 3 is 2.36 bits per heavy atom. The third kappa shape index (κ3) is 6.95. The van der Waals surface area contributed by atoms with E-state index in [2.05, 4.69) is 22.0 Å². The third-order valence-electron chi connectivity index (χ3n) is 6.84. The Hall–Kier alpha value is -1.12. The van der Waals surface area contributed by atoms with E-state index in [0.29, 0.717) is 25.1 Å². The van der Waals surface area contributed by atoms with Crippen LogP contribution in [0.1, 0.15) is 54.5 Å². The molecular weight excluding hydrogens is 483 g/mol. The Kier molecular flexibility index (Phi) is 8.89. The Bertz CT molecular complexity index is 998. The van der Waals surface area contributed by atoms with Crippen molar-refractivity contribution in [2.75, 3.05) is 25.2 Å². The molecule has 184 valence electrons. The molecule has 2 atom stereocenters. The Balaban J connectivity index is 0.00000306. The van der Waals surface area contributed by atoms with E-state index in [0.717, 1.165) is 54.5 Å². The number of oxazole rings is 1. The van der Waals surface area contributed by atoms with E-state index in [4.69, 9.17) is 20.8 Å². The Morgan fingerprint density at radius 1 is 1.12 bits per heavy atom.